The van der Waals surface area contributed by atoms with Crippen LogP contribution in [0.4, 0.5) is 0 Å². The molecule has 1 aromatic carbocycles. The number of primary sulfonamides is 1. The average Bonchev–Trinajstić information content (AvgIpc) is 2.33. The largest absolute Gasteiger partial charge is 0.228 e. The lowest BCUT2D eigenvalue weighted by atomic mass is 9.63. The normalized spacial score (nSPS) is 22.1. The Hall–Kier alpha value is -0.870. The van der Waals surface area contributed by atoms with E-state index in [0.29, 0.717) is 0 Å². The van der Waals surface area contributed by atoms with Crippen molar-refractivity contribution >= 4 is 10.0 Å². The van der Waals surface area contributed by atoms with Crippen LogP contribution in [0, 0.1) is 0 Å². The lowest BCUT2D eigenvalue weighted by molar-refractivity contribution is 0.331. The maximum atomic E-state index is 11.6. The molecule has 0 radical (unpaired) electrons. The van der Waals surface area contributed by atoms with Crippen LogP contribution >= 0.6 is 0 Å². The van der Waals surface area contributed by atoms with Crippen LogP contribution in [0.15, 0.2) is 18.2 Å². The highest BCUT2D eigenvalue weighted by atomic mass is 32.2. The van der Waals surface area contributed by atoms with Crippen LogP contribution in [0.25, 0.3) is 0 Å². The molecule has 0 amide bonds. The Morgan fingerprint density at radius 2 is 1.55 bits per heavy atom. The van der Waals surface area contributed by atoms with Gasteiger partial charge in [0.15, 0.2) is 0 Å². The first-order chi connectivity index (χ1) is 8.95. The molecule has 1 aliphatic rings. The minimum atomic E-state index is -3.55. The molecular weight excluding hydrogens is 270 g/mol. The van der Waals surface area contributed by atoms with Crippen molar-refractivity contribution in [2.75, 3.05) is 0 Å². The summed E-state index contributed by atoms with van der Waals surface area (Å²) >= 11 is 0. The average molecular weight is 295 g/mol. The van der Waals surface area contributed by atoms with E-state index in [0.717, 1.165) is 18.4 Å². The molecule has 0 heterocycles. The van der Waals surface area contributed by atoms with Gasteiger partial charge in [0.1, 0.15) is 0 Å². The van der Waals surface area contributed by atoms with Crippen molar-refractivity contribution in [2.45, 2.75) is 63.5 Å². The summed E-state index contributed by atoms with van der Waals surface area (Å²) < 4.78 is 23.1. The second kappa shape index (κ2) is 4.57. The molecule has 4 heteroatoms. The molecule has 2 rings (SSSR count). The van der Waals surface area contributed by atoms with Crippen molar-refractivity contribution in [3.05, 3.63) is 34.9 Å². The van der Waals surface area contributed by atoms with E-state index in [1.165, 1.54) is 11.1 Å². The van der Waals surface area contributed by atoms with Crippen LogP contribution in [0.5, 0.6) is 0 Å². The summed E-state index contributed by atoms with van der Waals surface area (Å²) in [6.07, 6.45) is 2.26. The third-order valence-corrected chi connectivity index (χ3v) is 6.10. The first-order valence-corrected chi connectivity index (χ1v) is 8.73. The number of fused-ring (bicyclic) bond motifs is 1. The Balaban J connectivity index is 2.60. The Morgan fingerprint density at radius 3 is 2.05 bits per heavy atom. The molecule has 0 spiro atoms. The summed E-state index contributed by atoms with van der Waals surface area (Å²) in [4.78, 5) is 0. The van der Waals surface area contributed by atoms with Gasteiger partial charge in [-0.15, -0.1) is 0 Å². The fourth-order valence-electron chi connectivity index (χ4n) is 3.05. The van der Waals surface area contributed by atoms with Gasteiger partial charge in [0, 0.05) is 0 Å². The predicted molar refractivity (Wildman–Crippen MR) is 83.3 cm³/mol. The van der Waals surface area contributed by atoms with E-state index in [4.69, 9.17) is 5.14 Å². The van der Waals surface area contributed by atoms with Crippen LogP contribution < -0.4 is 5.14 Å². The van der Waals surface area contributed by atoms with Crippen LogP contribution in [0.1, 0.15) is 69.4 Å². The maximum Gasteiger partial charge on any atom is 0.215 e. The molecule has 112 valence electrons. The van der Waals surface area contributed by atoms with Crippen LogP contribution in [-0.2, 0) is 20.9 Å². The molecule has 1 atom stereocenters. The zero-order valence-corrected chi connectivity index (χ0v) is 13.8. The van der Waals surface area contributed by atoms with Gasteiger partial charge in [-0.2, -0.15) is 0 Å². The molecular formula is C16H25NO2S. The number of hydrogen-bond acceptors (Lipinski definition) is 2. The van der Waals surface area contributed by atoms with E-state index < -0.39 is 15.3 Å². The molecule has 3 nitrogen and oxygen atoms in total. The van der Waals surface area contributed by atoms with Crippen molar-refractivity contribution in [1.29, 1.82) is 0 Å². The highest BCUT2D eigenvalue weighted by molar-refractivity contribution is 7.89. The Kier molecular flexibility index (Phi) is 3.54. The van der Waals surface area contributed by atoms with Gasteiger partial charge in [0.25, 0.3) is 0 Å². The van der Waals surface area contributed by atoms with Gasteiger partial charge in [-0.1, -0.05) is 45.9 Å². The standard InChI is InChI=1S/C16H25NO2S/c1-11(20(17,18)19)12-6-7-13-14(10-12)16(4,5)9-8-15(13,2)3/h6-7,10-11H,8-9H2,1-5H3,(H2,17,18,19). The summed E-state index contributed by atoms with van der Waals surface area (Å²) in [7, 11) is -3.55. The molecule has 0 bridgehead atoms. The van der Waals surface area contributed by atoms with Crippen LogP contribution in [0.3, 0.4) is 0 Å². The molecule has 0 aromatic heterocycles. The van der Waals surface area contributed by atoms with E-state index in [1.807, 2.05) is 12.1 Å². The number of benzene rings is 1. The fourth-order valence-corrected chi connectivity index (χ4v) is 3.57. The van der Waals surface area contributed by atoms with Gasteiger partial charge < -0.3 is 0 Å². The summed E-state index contributed by atoms with van der Waals surface area (Å²) in [5.74, 6) is 0. The summed E-state index contributed by atoms with van der Waals surface area (Å²) in [5, 5.41) is 4.62. The SMILES string of the molecule is CC(c1ccc2c(c1)C(C)(C)CCC2(C)C)S(N)(=O)=O. The lowest BCUT2D eigenvalue weighted by Crippen LogP contribution is -2.34. The minimum Gasteiger partial charge on any atom is -0.228 e. The molecule has 0 saturated heterocycles. The highest BCUT2D eigenvalue weighted by Crippen LogP contribution is 2.46. The van der Waals surface area contributed by atoms with E-state index in [-0.39, 0.29) is 10.8 Å². The molecule has 0 aliphatic heterocycles. The molecule has 1 unspecified atom stereocenters. The Morgan fingerprint density at radius 1 is 1.05 bits per heavy atom. The topological polar surface area (TPSA) is 60.2 Å². The first kappa shape index (κ1) is 15.5. The minimum absolute atomic E-state index is 0.0823. The maximum absolute atomic E-state index is 11.6. The number of sulfonamides is 1. The van der Waals surface area contributed by atoms with Crippen LogP contribution in [0.2, 0.25) is 0 Å². The van der Waals surface area contributed by atoms with Crippen molar-refractivity contribution in [3.63, 3.8) is 0 Å². The van der Waals surface area contributed by atoms with Gasteiger partial charge in [-0.3, -0.25) is 0 Å². The number of nitrogens with two attached hydrogens (primary N) is 1. The zero-order chi connectivity index (χ0) is 15.3. The van der Waals surface area contributed by atoms with Crippen LogP contribution in [-0.4, -0.2) is 8.42 Å². The molecule has 0 saturated carbocycles. The molecule has 1 aliphatic carbocycles. The molecule has 2 N–H and O–H groups in total. The Labute approximate surface area is 122 Å². The second-order valence-electron chi connectivity index (χ2n) is 7.30. The summed E-state index contributed by atoms with van der Waals surface area (Å²) in [5.41, 5.74) is 3.62. The predicted octanol–water partition coefficient (Wildman–Crippen LogP) is 3.39. The third-order valence-electron chi connectivity index (χ3n) is 4.84. The molecule has 20 heavy (non-hydrogen) atoms. The van der Waals surface area contributed by atoms with Gasteiger partial charge in [-0.05, 0) is 47.3 Å². The number of rotatable bonds is 2. The molecule has 1 aromatic rings. The van der Waals surface area contributed by atoms with E-state index in [1.54, 1.807) is 6.92 Å². The van der Waals surface area contributed by atoms with E-state index >= 15 is 0 Å². The quantitative estimate of drug-likeness (QED) is 0.909. The van der Waals surface area contributed by atoms with Gasteiger partial charge >= 0.3 is 0 Å². The van der Waals surface area contributed by atoms with Gasteiger partial charge in [0.05, 0.1) is 5.25 Å². The van der Waals surface area contributed by atoms with Crippen molar-refractivity contribution in [1.82, 2.24) is 0 Å². The Bertz CT molecular complexity index is 630. The monoisotopic (exact) mass is 295 g/mol. The summed E-state index contributed by atoms with van der Waals surface area (Å²) in [6.45, 7) is 10.6. The zero-order valence-electron chi connectivity index (χ0n) is 13.0. The smallest absolute Gasteiger partial charge is 0.215 e. The first-order valence-electron chi connectivity index (χ1n) is 7.12. The van der Waals surface area contributed by atoms with E-state index in [2.05, 4.69) is 33.8 Å². The third kappa shape index (κ3) is 2.63. The van der Waals surface area contributed by atoms with Crippen molar-refractivity contribution in [2.24, 2.45) is 5.14 Å². The van der Waals surface area contributed by atoms with Crippen molar-refractivity contribution in [3.8, 4) is 0 Å². The fraction of sp³-hybridized carbons (Fsp3) is 0.625. The highest BCUT2D eigenvalue weighted by Gasteiger charge is 2.37. The number of hydrogen-bond donors (Lipinski definition) is 1. The summed E-state index contributed by atoms with van der Waals surface area (Å²) in [6, 6.07) is 6.05. The second-order valence-corrected chi connectivity index (χ2v) is 9.19. The lowest BCUT2D eigenvalue weighted by Gasteiger charge is -2.42. The van der Waals surface area contributed by atoms with Gasteiger partial charge in [-0.25, -0.2) is 13.6 Å². The van der Waals surface area contributed by atoms with E-state index in [9.17, 15) is 8.42 Å². The van der Waals surface area contributed by atoms with Crippen molar-refractivity contribution < 1.29 is 8.42 Å². The molecule has 0 fully saturated rings. The van der Waals surface area contributed by atoms with Gasteiger partial charge in [0.2, 0.25) is 10.0 Å².